The van der Waals surface area contributed by atoms with Crippen LogP contribution in [0.4, 0.5) is 4.79 Å². The highest BCUT2D eigenvalue weighted by molar-refractivity contribution is 5.95. The first-order valence-electron chi connectivity index (χ1n) is 12.4. The molecule has 1 aromatic heterocycles. The maximum absolute atomic E-state index is 13.3. The zero-order valence-corrected chi connectivity index (χ0v) is 21.4. The molecule has 0 radical (unpaired) electrons. The molecule has 1 atom stereocenters. The van der Waals surface area contributed by atoms with E-state index in [1.807, 2.05) is 39.0 Å². The van der Waals surface area contributed by atoms with Crippen LogP contribution in [0.15, 0.2) is 52.3 Å². The van der Waals surface area contributed by atoms with Crippen molar-refractivity contribution < 1.29 is 23.5 Å². The van der Waals surface area contributed by atoms with E-state index in [0.29, 0.717) is 56.3 Å². The molecule has 0 saturated carbocycles. The highest BCUT2D eigenvalue weighted by Crippen LogP contribution is 2.34. The van der Waals surface area contributed by atoms with Gasteiger partial charge in [-0.15, -0.1) is 0 Å². The molecule has 36 heavy (non-hydrogen) atoms. The predicted octanol–water partition coefficient (Wildman–Crippen LogP) is 3.26. The molecule has 0 bridgehead atoms. The van der Waals surface area contributed by atoms with Gasteiger partial charge in [-0.1, -0.05) is 23.8 Å². The van der Waals surface area contributed by atoms with E-state index in [1.165, 1.54) is 6.26 Å². The highest BCUT2D eigenvalue weighted by Gasteiger charge is 2.39. The summed E-state index contributed by atoms with van der Waals surface area (Å²) in [5.74, 6) is -0.232. The van der Waals surface area contributed by atoms with Crippen molar-refractivity contribution in [3.63, 3.8) is 0 Å². The lowest BCUT2D eigenvalue weighted by molar-refractivity contribution is -0.139. The Bertz CT molecular complexity index is 1150. The van der Waals surface area contributed by atoms with Gasteiger partial charge in [0.1, 0.15) is 0 Å². The summed E-state index contributed by atoms with van der Waals surface area (Å²) in [7, 11) is 0. The van der Waals surface area contributed by atoms with Crippen molar-refractivity contribution in [3.8, 4) is 0 Å². The van der Waals surface area contributed by atoms with Gasteiger partial charge in [-0.3, -0.25) is 14.6 Å². The number of rotatable bonds is 7. The smallest absolute Gasteiger partial charge is 0.338 e. The minimum Gasteiger partial charge on any atom is -0.463 e. The molecule has 9 heteroatoms. The van der Waals surface area contributed by atoms with Gasteiger partial charge in [0.05, 0.1) is 24.5 Å². The molecule has 4 rings (SSSR count). The van der Waals surface area contributed by atoms with Gasteiger partial charge in [-0.25, -0.2) is 9.59 Å². The summed E-state index contributed by atoms with van der Waals surface area (Å²) in [5.41, 5.74) is 4.09. The van der Waals surface area contributed by atoms with Gasteiger partial charge in [-0.2, -0.15) is 0 Å². The Balaban J connectivity index is 1.64. The third kappa shape index (κ3) is 5.16. The fourth-order valence-corrected chi connectivity index (χ4v) is 4.92. The molecule has 192 valence electrons. The van der Waals surface area contributed by atoms with Gasteiger partial charge in [-0.05, 0) is 51.0 Å². The van der Waals surface area contributed by atoms with Crippen molar-refractivity contribution in [2.75, 3.05) is 45.9 Å². The average molecular weight is 495 g/mol. The maximum atomic E-state index is 13.3. The Morgan fingerprint density at radius 3 is 2.47 bits per heavy atom. The SMILES string of the molecule is CCOC(=O)C1=C(CN2CCN(C(=O)c3ccco3)CC2)N(CC)C(=O)NC1c1ccc(C)cc1C. The highest BCUT2D eigenvalue weighted by atomic mass is 16.5. The molecule has 1 saturated heterocycles. The second-order valence-corrected chi connectivity index (χ2v) is 9.11. The van der Waals surface area contributed by atoms with Crippen LogP contribution in [0.2, 0.25) is 0 Å². The Morgan fingerprint density at radius 1 is 1.11 bits per heavy atom. The second kappa shape index (κ2) is 11.0. The Morgan fingerprint density at radius 2 is 1.86 bits per heavy atom. The molecule has 1 aromatic carbocycles. The van der Waals surface area contributed by atoms with Crippen LogP contribution in [-0.4, -0.2) is 78.5 Å². The van der Waals surface area contributed by atoms with Crippen LogP contribution in [0.5, 0.6) is 0 Å². The number of nitrogens with one attached hydrogen (secondary N) is 1. The fourth-order valence-electron chi connectivity index (χ4n) is 4.92. The number of benzene rings is 1. The summed E-state index contributed by atoms with van der Waals surface area (Å²) in [5, 5.41) is 3.03. The number of carbonyl (C=O) groups excluding carboxylic acids is 3. The number of nitrogens with zero attached hydrogens (tertiary/aromatic N) is 3. The Kier molecular flexibility index (Phi) is 7.79. The molecule has 1 N–H and O–H groups in total. The molecule has 9 nitrogen and oxygen atoms in total. The summed E-state index contributed by atoms with van der Waals surface area (Å²) in [6, 6.07) is 8.52. The zero-order valence-electron chi connectivity index (χ0n) is 21.4. The summed E-state index contributed by atoms with van der Waals surface area (Å²) in [6.45, 7) is 11.0. The fraction of sp³-hybridized carbons (Fsp3) is 0.444. The van der Waals surface area contributed by atoms with Crippen LogP contribution in [0.1, 0.15) is 47.1 Å². The number of ether oxygens (including phenoxy) is 1. The number of likely N-dealkylation sites (N-methyl/N-ethyl adjacent to an activating group) is 1. The predicted molar refractivity (Wildman–Crippen MR) is 134 cm³/mol. The number of amides is 3. The first-order valence-corrected chi connectivity index (χ1v) is 12.4. The van der Waals surface area contributed by atoms with E-state index in [1.54, 1.807) is 28.9 Å². The van der Waals surface area contributed by atoms with E-state index in [0.717, 1.165) is 16.7 Å². The molecule has 2 aliphatic heterocycles. The van der Waals surface area contributed by atoms with Crippen molar-refractivity contribution in [1.29, 1.82) is 0 Å². The van der Waals surface area contributed by atoms with Gasteiger partial charge in [0.25, 0.3) is 5.91 Å². The quantitative estimate of drug-likeness (QED) is 0.594. The van der Waals surface area contributed by atoms with Crippen LogP contribution in [0, 0.1) is 13.8 Å². The Labute approximate surface area is 211 Å². The lowest BCUT2D eigenvalue weighted by atomic mass is 9.90. The van der Waals surface area contributed by atoms with Crippen LogP contribution >= 0.6 is 0 Å². The van der Waals surface area contributed by atoms with Gasteiger partial charge >= 0.3 is 12.0 Å². The third-order valence-electron chi connectivity index (χ3n) is 6.75. The van der Waals surface area contributed by atoms with Gasteiger partial charge < -0.3 is 19.4 Å². The van der Waals surface area contributed by atoms with Crippen LogP contribution in [0.25, 0.3) is 0 Å². The molecule has 3 amide bonds. The molecule has 0 spiro atoms. The number of hydrogen-bond donors (Lipinski definition) is 1. The molecule has 2 aliphatic rings. The topological polar surface area (TPSA) is 95.3 Å². The van der Waals surface area contributed by atoms with Gasteiger partial charge in [0, 0.05) is 45.0 Å². The lowest BCUT2D eigenvalue weighted by Crippen LogP contribution is -2.53. The van der Waals surface area contributed by atoms with Crippen LogP contribution in [-0.2, 0) is 9.53 Å². The molecular formula is C27H34N4O5. The summed E-state index contributed by atoms with van der Waals surface area (Å²) in [6.07, 6.45) is 1.49. The van der Waals surface area contributed by atoms with Crippen molar-refractivity contribution >= 4 is 17.9 Å². The minimum atomic E-state index is -0.600. The van der Waals surface area contributed by atoms with E-state index in [4.69, 9.17) is 9.15 Å². The number of piperazine rings is 1. The average Bonchev–Trinajstić information content (AvgIpc) is 3.39. The monoisotopic (exact) mass is 494 g/mol. The van der Waals surface area contributed by atoms with Gasteiger partial charge in [0.15, 0.2) is 5.76 Å². The van der Waals surface area contributed by atoms with Crippen LogP contribution < -0.4 is 5.32 Å². The first-order chi connectivity index (χ1) is 17.3. The summed E-state index contributed by atoms with van der Waals surface area (Å²) < 4.78 is 10.7. The summed E-state index contributed by atoms with van der Waals surface area (Å²) in [4.78, 5) is 44.7. The first kappa shape index (κ1) is 25.5. The standard InChI is InChI=1S/C27H34N4O5/c1-5-31-21(17-29-11-13-30(14-12-29)25(32)22-8-7-15-36-22)23(26(33)35-6-2)24(28-27(31)34)20-10-9-18(3)16-19(20)4/h7-10,15-16,24H,5-6,11-14,17H2,1-4H3,(H,28,34). The molecule has 0 aliphatic carbocycles. The lowest BCUT2D eigenvalue weighted by Gasteiger charge is -2.40. The number of esters is 1. The molecule has 1 unspecified atom stereocenters. The Hall–Kier alpha value is -3.59. The molecule has 3 heterocycles. The normalized spacial score (nSPS) is 18.9. The van der Waals surface area contributed by atoms with E-state index in [9.17, 15) is 14.4 Å². The number of furan rings is 1. The number of hydrogen-bond acceptors (Lipinski definition) is 6. The second-order valence-electron chi connectivity index (χ2n) is 9.11. The largest absolute Gasteiger partial charge is 0.463 e. The molecule has 2 aromatic rings. The minimum absolute atomic E-state index is 0.131. The van der Waals surface area contributed by atoms with Crippen molar-refractivity contribution in [1.82, 2.24) is 20.0 Å². The van der Waals surface area contributed by atoms with Crippen LogP contribution in [0.3, 0.4) is 0 Å². The van der Waals surface area contributed by atoms with E-state index in [-0.39, 0.29) is 18.5 Å². The number of aryl methyl sites for hydroxylation is 2. The van der Waals surface area contributed by atoms with E-state index < -0.39 is 12.0 Å². The van der Waals surface area contributed by atoms with E-state index >= 15 is 0 Å². The maximum Gasteiger partial charge on any atom is 0.338 e. The van der Waals surface area contributed by atoms with Crippen molar-refractivity contribution in [2.24, 2.45) is 0 Å². The molecular weight excluding hydrogens is 460 g/mol. The van der Waals surface area contributed by atoms with Gasteiger partial charge in [0.2, 0.25) is 0 Å². The number of urea groups is 1. The zero-order chi connectivity index (χ0) is 25.8. The van der Waals surface area contributed by atoms with E-state index in [2.05, 4.69) is 10.2 Å². The van der Waals surface area contributed by atoms with Crippen molar-refractivity contribution in [3.05, 3.63) is 70.3 Å². The third-order valence-corrected chi connectivity index (χ3v) is 6.75. The number of carbonyl (C=O) groups is 3. The molecule has 1 fully saturated rings. The summed E-state index contributed by atoms with van der Waals surface area (Å²) >= 11 is 0. The van der Waals surface area contributed by atoms with Crippen molar-refractivity contribution in [2.45, 2.75) is 33.7 Å².